The van der Waals surface area contributed by atoms with Gasteiger partial charge in [0.1, 0.15) is 11.6 Å². The monoisotopic (exact) mass is 287 g/mol. The lowest BCUT2D eigenvalue weighted by Crippen LogP contribution is -2.45. The summed E-state index contributed by atoms with van der Waals surface area (Å²) in [6, 6.07) is 1.97. The van der Waals surface area contributed by atoms with Crippen molar-refractivity contribution < 1.29 is 0 Å². The molecule has 3 rings (SSSR count). The Morgan fingerprint density at radius 2 is 2.00 bits per heavy atom. The molecular formula is C14H21N7. The zero-order chi connectivity index (χ0) is 15.0. The first-order valence-electron chi connectivity index (χ1n) is 7.05. The van der Waals surface area contributed by atoms with Gasteiger partial charge in [0.15, 0.2) is 0 Å². The molecule has 0 bridgehead atoms. The van der Waals surface area contributed by atoms with Crippen LogP contribution < -0.4 is 5.73 Å². The Labute approximate surface area is 124 Å². The Hall–Kier alpha value is -1.99. The van der Waals surface area contributed by atoms with Crippen LogP contribution in [-0.4, -0.2) is 63.3 Å². The predicted octanol–water partition coefficient (Wildman–Crippen LogP) is 0.378. The lowest BCUT2D eigenvalue weighted by Gasteiger charge is -2.36. The first-order chi connectivity index (χ1) is 10.0. The quantitative estimate of drug-likeness (QED) is 0.860. The van der Waals surface area contributed by atoms with Crippen LogP contribution in [0.25, 0.3) is 11.3 Å². The summed E-state index contributed by atoms with van der Waals surface area (Å²) in [6.45, 7) is 2.97. The van der Waals surface area contributed by atoms with E-state index in [1.54, 1.807) is 16.9 Å². The second-order valence-corrected chi connectivity index (χ2v) is 5.70. The SMILES string of the molecule is CN1CCN(C)C(c2nc(N)cc(-c3cnn(C)c3)n2)C1. The minimum atomic E-state index is 0.169. The number of hydrogen-bond acceptors (Lipinski definition) is 6. The van der Waals surface area contributed by atoms with Crippen LogP contribution in [0.15, 0.2) is 18.5 Å². The summed E-state index contributed by atoms with van der Waals surface area (Å²) in [5, 5.41) is 4.19. The van der Waals surface area contributed by atoms with Crippen molar-refractivity contribution in [1.82, 2.24) is 29.5 Å². The number of rotatable bonds is 2. The molecule has 0 aliphatic carbocycles. The molecule has 21 heavy (non-hydrogen) atoms. The zero-order valence-electron chi connectivity index (χ0n) is 12.7. The van der Waals surface area contributed by atoms with Gasteiger partial charge < -0.3 is 10.6 Å². The molecule has 2 aromatic heterocycles. The topological polar surface area (TPSA) is 76.1 Å². The Balaban J connectivity index is 1.97. The highest BCUT2D eigenvalue weighted by Crippen LogP contribution is 2.24. The average Bonchev–Trinajstić information content (AvgIpc) is 2.87. The van der Waals surface area contributed by atoms with Crippen molar-refractivity contribution in [3.8, 4) is 11.3 Å². The van der Waals surface area contributed by atoms with Crippen LogP contribution >= 0.6 is 0 Å². The molecule has 7 heteroatoms. The summed E-state index contributed by atoms with van der Waals surface area (Å²) in [5.74, 6) is 1.28. The van der Waals surface area contributed by atoms with Crippen molar-refractivity contribution in [2.24, 2.45) is 7.05 Å². The molecule has 0 saturated carbocycles. The van der Waals surface area contributed by atoms with Crippen LogP contribution in [0.3, 0.4) is 0 Å². The molecule has 1 saturated heterocycles. The average molecular weight is 287 g/mol. The number of nitrogens with two attached hydrogens (primary N) is 1. The fourth-order valence-electron chi connectivity index (χ4n) is 2.62. The van der Waals surface area contributed by atoms with E-state index in [0.29, 0.717) is 5.82 Å². The van der Waals surface area contributed by atoms with Crippen LogP contribution in [0.1, 0.15) is 11.9 Å². The summed E-state index contributed by atoms with van der Waals surface area (Å²) < 4.78 is 1.76. The van der Waals surface area contributed by atoms with Crippen molar-refractivity contribution in [1.29, 1.82) is 0 Å². The summed E-state index contributed by atoms with van der Waals surface area (Å²) in [4.78, 5) is 13.7. The van der Waals surface area contributed by atoms with Gasteiger partial charge in [0.2, 0.25) is 0 Å². The smallest absolute Gasteiger partial charge is 0.149 e. The van der Waals surface area contributed by atoms with Gasteiger partial charge in [0.25, 0.3) is 0 Å². The summed E-state index contributed by atoms with van der Waals surface area (Å²) in [7, 11) is 6.11. The zero-order valence-corrected chi connectivity index (χ0v) is 12.7. The van der Waals surface area contributed by atoms with Crippen molar-refractivity contribution in [3.63, 3.8) is 0 Å². The molecule has 0 amide bonds. The third kappa shape index (κ3) is 2.88. The van der Waals surface area contributed by atoms with Gasteiger partial charge in [-0.3, -0.25) is 9.58 Å². The Kier molecular flexibility index (Phi) is 3.60. The first kappa shape index (κ1) is 14.0. The molecule has 1 atom stereocenters. The molecule has 1 aliphatic rings. The second-order valence-electron chi connectivity index (χ2n) is 5.70. The summed E-state index contributed by atoms with van der Waals surface area (Å²) in [6.07, 6.45) is 3.73. The number of nitrogen functional groups attached to an aromatic ring is 1. The van der Waals surface area contributed by atoms with E-state index in [9.17, 15) is 0 Å². The van der Waals surface area contributed by atoms with Gasteiger partial charge in [-0.1, -0.05) is 0 Å². The molecular weight excluding hydrogens is 266 g/mol. The highest BCUT2D eigenvalue weighted by atomic mass is 15.3. The van der Waals surface area contributed by atoms with E-state index < -0.39 is 0 Å². The van der Waals surface area contributed by atoms with Crippen molar-refractivity contribution in [3.05, 3.63) is 24.3 Å². The lowest BCUT2D eigenvalue weighted by atomic mass is 10.1. The van der Waals surface area contributed by atoms with Gasteiger partial charge >= 0.3 is 0 Å². The highest BCUT2D eigenvalue weighted by molar-refractivity contribution is 5.60. The fraction of sp³-hybridized carbons (Fsp3) is 0.500. The minimum Gasteiger partial charge on any atom is -0.384 e. The molecule has 2 aromatic rings. The highest BCUT2D eigenvalue weighted by Gasteiger charge is 2.26. The van der Waals surface area contributed by atoms with E-state index in [2.05, 4.69) is 34.0 Å². The van der Waals surface area contributed by atoms with E-state index in [1.165, 1.54) is 0 Å². The van der Waals surface area contributed by atoms with Crippen LogP contribution in [0.2, 0.25) is 0 Å². The Bertz CT molecular complexity index is 636. The van der Waals surface area contributed by atoms with E-state index in [-0.39, 0.29) is 6.04 Å². The molecule has 0 aromatic carbocycles. The van der Waals surface area contributed by atoms with Crippen LogP contribution in [0.4, 0.5) is 5.82 Å². The summed E-state index contributed by atoms with van der Waals surface area (Å²) >= 11 is 0. The van der Waals surface area contributed by atoms with Gasteiger partial charge in [0, 0.05) is 44.5 Å². The number of piperazine rings is 1. The van der Waals surface area contributed by atoms with Gasteiger partial charge in [-0.25, -0.2) is 9.97 Å². The summed E-state index contributed by atoms with van der Waals surface area (Å²) in [5.41, 5.74) is 7.76. The molecule has 1 aliphatic heterocycles. The maximum atomic E-state index is 5.98. The van der Waals surface area contributed by atoms with E-state index in [0.717, 1.165) is 36.7 Å². The normalized spacial score (nSPS) is 20.8. The second kappa shape index (κ2) is 5.42. The largest absolute Gasteiger partial charge is 0.384 e. The third-order valence-corrected chi connectivity index (χ3v) is 3.91. The van der Waals surface area contributed by atoms with Gasteiger partial charge in [0.05, 0.1) is 17.9 Å². The number of aryl methyl sites for hydroxylation is 1. The van der Waals surface area contributed by atoms with Gasteiger partial charge in [-0.2, -0.15) is 5.10 Å². The van der Waals surface area contributed by atoms with Gasteiger partial charge in [-0.15, -0.1) is 0 Å². The molecule has 1 fully saturated rings. The number of nitrogens with zero attached hydrogens (tertiary/aromatic N) is 6. The molecule has 2 N–H and O–H groups in total. The maximum absolute atomic E-state index is 5.98. The Morgan fingerprint density at radius 3 is 2.71 bits per heavy atom. The van der Waals surface area contributed by atoms with Crippen LogP contribution in [-0.2, 0) is 7.05 Å². The molecule has 1 unspecified atom stereocenters. The van der Waals surface area contributed by atoms with Crippen LogP contribution in [0, 0.1) is 0 Å². The van der Waals surface area contributed by atoms with Crippen molar-refractivity contribution in [2.75, 3.05) is 39.5 Å². The number of likely N-dealkylation sites (N-methyl/N-ethyl adjacent to an activating group) is 2. The van der Waals surface area contributed by atoms with Crippen LogP contribution in [0.5, 0.6) is 0 Å². The number of hydrogen-bond donors (Lipinski definition) is 1. The predicted molar refractivity (Wildman–Crippen MR) is 81.5 cm³/mol. The maximum Gasteiger partial charge on any atom is 0.149 e. The fourth-order valence-corrected chi connectivity index (χ4v) is 2.62. The molecule has 7 nitrogen and oxygen atoms in total. The third-order valence-electron chi connectivity index (χ3n) is 3.91. The lowest BCUT2D eigenvalue weighted by molar-refractivity contribution is 0.110. The van der Waals surface area contributed by atoms with Crippen molar-refractivity contribution in [2.45, 2.75) is 6.04 Å². The molecule has 0 spiro atoms. The molecule has 0 radical (unpaired) electrons. The molecule has 3 heterocycles. The standard InChI is InChI=1S/C14H21N7/c1-19-4-5-20(2)12(9-19)14-17-11(6-13(15)18-14)10-7-16-21(3)8-10/h6-8,12H,4-5,9H2,1-3H3,(H2,15,17,18). The number of aromatic nitrogens is 4. The van der Waals surface area contributed by atoms with E-state index in [1.807, 2.05) is 13.2 Å². The Morgan fingerprint density at radius 1 is 1.19 bits per heavy atom. The number of anilines is 1. The van der Waals surface area contributed by atoms with Crippen molar-refractivity contribution >= 4 is 5.82 Å². The molecule has 112 valence electrons. The van der Waals surface area contributed by atoms with E-state index >= 15 is 0 Å². The first-order valence-corrected chi connectivity index (χ1v) is 7.05. The van der Waals surface area contributed by atoms with Gasteiger partial charge in [-0.05, 0) is 14.1 Å². The minimum absolute atomic E-state index is 0.169. The van der Waals surface area contributed by atoms with E-state index in [4.69, 9.17) is 10.7 Å².